The number of rotatable bonds is 6. The highest BCUT2D eigenvalue weighted by Crippen LogP contribution is 2.42. The second-order valence-electron chi connectivity index (χ2n) is 8.26. The van der Waals surface area contributed by atoms with Gasteiger partial charge in [0.15, 0.2) is 11.6 Å². The summed E-state index contributed by atoms with van der Waals surface area (Å²) in [5, 5.41) is 16.2. The van der Waals surface area contributed by atoms with Crippen LogP contribution in [0.1, 0.15) is 4.88 Å². The van der Waals surface area contributed by atoms with Crippen molar-refractivity contribution in [2.24, 2.45) is 0 Å². The molecule has 0 bridgehead atoms. The minimum Gasteiger partial charge on any atom is -0.491 e. The molecular weight excluding hydrogens is 498 g/mol. The SMILES string of the molecule is OCCNc1ccc(-c2ccc3c(n2)-c2cc(-c4ncnn4-c4ccc(F)cc4F)sc2CCO3)cn1. The first-order chi connectivity index (χ1) is 18.1. The fourth-order valence-electron chi connectivity index (χ4n) is 4.17. The van der Waals surface area contributed by atoms with Crippen molar-refractivity contribution in [1.82, 2.24) is 24.7 Å². The molecule has 186 valence electrons. The number of ether oxygens (including phenoxy) is 1. The van der Waals surface area contributed by atoms with Crippen LogP contribution in [0, 0.1) is 11.6 Å². The maximum atomic E-state index is 14.5. The highest BCUT2D eigenvalue weighted by atomic mass is 32.1. The van der Waals surface area contributed by atoms with Crippen molar-refractivity contribution in [3.63, 3.8) is 0 Å². The zero-order valence-electron chi connectivity index (χ0n) is 19.4. The smallest absolute Gasteiger partial charge is 0.173 e. The van der Waals surface area contributed by atoms with Crippen LogP contribution in [-0.4, -0.2) is 49.6 Å². The van der Waals surface area contributed by atoms with Gasteiger partial charge < -0.3 is 15.2 Å². The Bertz CT molecular complexity index is 1580. The summed E-state index contributed by atoms with van der Waals surface area (Å²) in [4.78, 5) is 15.5. The summed E-state index contributed by atoms with van der Waals surface area (Å²) in [6.07, 6.45) is 3.76. The molecule has 0 saturated carbocycles. The first kappa shape index (κ1) is 23.2. The van der Waals surface area contributed by atoms with Gasteiger partial charge >= 0.3 is 0 Å². The Balaban J connectivity index is 1.39. The lowest BCUT2D eigenvalue weighted by Crippen LogP contribution is -2.06. The fraction of sp³-hybridized carbons (Fsp3) is 0.154. The van der Waals surface area contributed by atoms with E-state index in [4.69, 9.17) is 14.8 Å². The van der Waals surface area contributed by atoms with E-state index in [1.807, 2.05) is 30.3 Å². The molecule has 11 heteroatoms. The van der Waals surface area contributed by atoms with Crippen LogP contribution in [0.3, 0.4) is 0 Å². The topological polar surface area (TPSA) is 98.0 Å². The van der Waals surface area contributed by atoms with Gasteiger partial charge in [-0.2, -0.15) is 5.10 Å². The molecule has 0 saturated heterocycles. The molecule has 0 atom stereocenters. The van der Waals surface area contributed by atoms with Gasteiger partial charge in [0.1, 0.15) is 35.1 Å². The molecular formula is C26H20F2N6O2S. The molecule has 0 unspecified atom stereocenters. The molecule has 0 fully saturated rings. The number of aromatic nitrogens is 5. The number of thiophene rings is 1. The van der Waals surface area contributed by atoms with Crippen molar-refractivity contribution in [2.45, 2.75) is 6.42 Å². The lowest BCUT2D eigenvalue weighted by molar-refractivity contribution is 0.311. The summed E-state index contributed by atoms with van der Waals surface area (Å²) in [5.74, 6) is 0.420. The number of hydrogen-bond donors (Lipinski definition) is 2. The molecule has 1 aliphatic rings. The van der Waals surface area contributed by atoms with Crippen LogP contribution >= 0.6 is 11.3 Å². The summed E-state index contributed by atoms with van der Waals surface area (Å²) in [6.45, 7) is 0.939. The third kappa shape index (κ3) is 4.43. The summed E-state index contributed by atoms with van der Waals surface area (Å²) >= 11 is 1.52. The third-order valence-electron chi connectivity index (χ3n) is 5.89. The van der Waals surface area contributed by atoms with Gasteiger partial charge in [-0.1, -0.05) is 0 Å². The van der Waals surface area contributed by atoms with Crippen LogP contribution in [0.2, 0.25) is 0 Å². The van der Waals surface area contributed by atoms with E-state index in [0.29, 0.717) is 42.7 Å². The molecule has 0 radical (unpaired) electrons. The molecule has 4 aromatic heterocycles. The van der Waals surface area contributed by atoms with E-state index < -0.39 is 11.6 Å². The van der Waals surface area contributed by atoms with Gasteiger partial charge in [-0.25, -0.2) is 28.4 Å². The van der Waals surface area contributed by atoms with Crippen LogP contribution in [0.5, 0.6) is 5.75 Å². The number of pyridine rings is 2. The van der Waals surface area contributed by atoms with Gasteiger partial charge in [-0.15, -0.1) is 11.3 Å². The van der Waals surface area contributed by atoms with Gasteiger partial charge in [-0.3, -0.25) is 0 Å². The molecule has 0 spiro atoms. The van der Waals surface area contributed by atoms with E-state index in [-0.39, 0.29) is 12.3 Å². The Labute approximate surface area is 214 Å². The molecule has 1 aliphatic heterocycles. The third-order valence-corrected chi connectivity index (χ3v) is 7.08. The van der Waals surface area contributed by atoms with Crippen LogP contribution in [0.25, 0.3) is 38.9 Å². The van der Waals surface area contributed by atoms with Crippen LogP contribution in [0.15, 0.2) is 61.1 Å². The predicted octanol–water partition coefficient (Wildman–Crippen LogP) is 4.74. The van der Waals surface area contributed by atoms with E-state index in [9.17, 15) is 8.78 Å². The quantitative estimate of drug-likeness (QED) is 0.335. The number of hydrogen-bond acceptors (Lipinski definition) is 8. The average Bonchev–Trinajstić information content (AvgIpc) is 3.52. The molecule has 6 rings (SSSR count). The highest BCUT2D eigenvalue weighted by molar-refractivity contribution is 7.16. The molecule has 5 heterocycles. The van der Waals surface area contributed by atoms with Gasteiger partial charge in [0, 0.05) is 41.2 Å². The number of benzene rings is 1. The standard InChI is InChI=1S/C26H20F2N6O2S/c27-16-2-4-20(18(28)11-16)34-26(31-14-32-34)23-12-17-22(37-23)7-10-36-21-5-3-19(33-25(17)21)15-1-6-24(30-13-15)29-8-9-35/h1-6,11-14,35H,7-10H2,(H,29,30). The highest BCUT2D eigenvalue weighted by Gasteiger charge is 2.24. The molecule has 37 heavy (non-hydrogen) atoms. The van der Waals surface area contributed by atoms with Gasteiger partial charge in [0.25, 0.3) is 0 Å². The Morgan fingerprint density at radius 3 is 2.81 bits per heavy atom. The largest absolute Gasteiger partial charge is 0.491 e. The summed E-state index contributed by atoms with van der Waals surface area (Å²) in [7, 11) is 0. The minimum absolute atomic E-state index is 0.0237. The number of fused-ring (bicyclic) bond motifs is 3. The van der Waals surface area contributed by atoms with Crippen LogP contribution < -0.4 is 10.1 Å². The summed E-state index contributed by atoms with van der Waals surface area (Å²) in [5.41, 5.74) is 3.31. The van der Waals surface area contributed by atoms with Crippen molar-refractivity contribution < 1.29 is 18.6 Å². The van der Waals surface area contributed by atoms with E-state index >= 15 is 0 Å². The Hall–Kier alpha value is -4.22. The zero-order valence-corrected chi connectivity index (χ0v) is 20.2. The van der Waals surface area contributed by atoms with E-state index in [2.05, 4.69) is 20.4 Å². The fourth-order valence-corrected chi connectivity index (χ4v) is 5.29. The van der Waals surface area contributed by atoms with E-state index in [1.54, 1.807) is 6.20 Å². The van der Waals surface area contributed by atoms with E-state index in [0.717, 1.165) is 32.6 Å². The first-order valence-corrected chi connectivity index (χ1v) is 12.4. The van der Waals surface area contributed by atoms with Gasteiger partial charge in [0.2, 0.25) is 0 Å². The van der Waals surface area contributed by atoms with E-state index in [1.165, 1.54) is 34.5 Å². The lowest BCUT2D eigenvalue weighted by atomic mass is 10.1. The molecule has 5 aromatic rings. The second kappa shape index (κ2) is 9.68. The monoisotopic (exact) mass is 518 g/mol. The number of anilines is 1. The molecule has 0 amide bonds. The molecule has 1 aromatic carbocycles. The summed E-state index contributed by atoms with van der Waals surface area (Å²) < 4.78 is 35.3. The van der Waals surface area contributed by atoms with Gasteiger partial charge in [0.05, 0.1) is 23.8 Å². The second-order valence-corrected chi connectivity index (χ2v) is 9.40. The number of nitrogens with zero attached hydrogens (tertiary/aromatic N) is 5. The molecule has 0 aliphatic carbocycles. The Kier molecular flexibility index (Phi) is 6.07. The maximum Gasteiger partial charge on any atom is 0.173 e. The lowest BCUT2D eigenvalue weighted by Gasteiger charge is -2.10. The minimum atomic E-state index is -0.721. The average molecular weight is 519 g/mol. The summed E-state index contributed by atoms with van der Waals surface area (Å²) in [6, 6.07) is 12.9. The van der Waals surface area contributed by atoms with Crippen molar-refractivity contribution in [3.05, 3.63) is 77.6 Å². The van der Waals surface area contributed by atoms with Crippen molar-refractivity contribution in [3.8, 4) is 44.7 Å². The number of nitrogens with one attached hydrogen (secondary N) is 1. The van der Waals surface area contributed by atoms with Crippen LogP contribution in [-0.2, 0) is 6.42 Å². The Morgan fingerprint density at radius 2 is 2.00 bits per heavy atom. The number of aliphatic hydroxyl groups is 1. The molecule has 8 nitrogen and oxygen atoms in total. The predicted molar refractivity (Wildman–Crippen MR) is 136 cm³/mol. The Morgan fingerprint density at radius 1 is 1.08 bits per heavy atom. The van der Waals surface area contributed by atoms with Crippen LogP contribution in [0.4, 0.5) is 14.6 Å². The normalized spacial score (nSPS) is 12.4. The van der Waals surface area contributed by atoms with Crippen molar-refractivity contribution >= 4 is 17.2 Å². The van der Waals surface area contributed by atoms with Crippen molar-refractivity contribution in [2.75, 3.05) is 25.1 Å². The van der Waals surface area contributed by atoms with Crippen molar-refractivity contribution in [1.29, 1.82) is 0 Å². The number of aliphatic hydroxyl groups excluding tert-OH is 1. The number of halogens is 2. The zero-order chi connectivity index (χ0) is 25.4. The maximum absolute atomic E-state index is 14.5. The first-order valence-electron chi connectivity index (χ1n) is 11.5. The molecule has 2 N–H and O–H groups in total. The van der Waals surface area contributed by atoms with Gasteiger partial charge in [-0.05, 0) is 42.5 Å².